The quantitative estimate of drug-likeness (QED) is 0.428. The minimum Gasteiger partial charge on any atom is -0.506 e. The molecule has 28 heavy (non-hydrogen) atoms. The van der Waals surface area contributed by atoms with Gasteiger partial charge in [0, 0.05) is 30.2 Å². The number of hydrogen-bond donors (Lipinski definition) is 1. The number of halogens is 4. The van der Waals surface area contributed by atoms with Crippen molar-refractivity contribution in [3.63, 3.8) is 0 Å². The van der Waals surface area contributed by atoms with Gasteiger partial charge < -0.3 is 9.84 Å². The first-order valence-electron chi connectivity index (χ1n) is 7.99. The second-order valence-corrected chi connectivity index (χ2v) is 8.57. The third-order valence-corrected chi connectivity index (χ3v) is 5.58. The summed E-state index contributed by atoms with van der Waals surface area (Å²) in [6.45, 7) is -2.44. The third-order valence-electron chi connectivity index (χ3n) is 3.97. The first-order valence-corrected chi connectivity index (χ1v) is 10.3. The largest absolute Gasteiger partial charge is 0.506 e. The van der Waals surface area contributed by atoms with Crippen LogP contribution in [-0.4, -0.2) is 44.1 Å². The lowest BCUT2D eigenvalue weighted by atomic mass is 9.89. The molecule has 0 saturated heterocycles. The van der Waals surface area contributed by atoms with Crippen molar-refractivity contribution in [3.8, 4) is 0 Å². The second-order valence-electron chi connectivity index (χ2n) is 6.21. The van der Waals surface area contributed by atoms with Crippen molar-refractivity contribution in [2.75, 3.05) is 12.9 Å². The Balaban J connectivity index is 2.57. The Labute approximate surface area is 163 Å². The molecule has 1 aliphatic rings. The van der Waals surface area contributed by atoms with E-state index in [1.165, 1.54) is 0 Å². The van der Waals surface area contributed by atoms with Gasteiger partial charge in [-0.05, 0) is 18.6 Å². The number of Topliss-reactive ketones (excluding diaryl/α,β-unsaturated/α-hetero) is 2. The summed E-state index contributed by atoms with van der Waals surface area (Å²) in [5, 5.41) is 10.0. The van der Waals surface area contributed by atoms with E-state index < -0.39 is 57.1 Å². The maximum atomic E-state index is 12.3. The molecule has 11 heteroatoms. The number of aliphatic hydroxyl groups excluding tert-OH is 1. The monoisotopic (exact) mass is 440 g/mol. The van der Waals surface area contributed by atoms with Gasteiger partial charge in [-0.1, -0.05) is 11.6 Å². The van der Waals surface area contributed by atoms with E-state index in [0.29, 0.717) is 6.42 Å². The summed E-state index contributed by atoms with van der Waals surface area (Å²) in [4.78, 5) is 23.6. The first-order chi connectivity index (χ1) is 12.8. The van der Waals surface area contributed by atoms with Gasteiger partial charge in [0.2, 0.25) is 0 Å². The van der Waals surface area contributed by atoms with Gasteiger partial charge in [0.25, 0.3) is 0 Å². The average Bonchev–Trinajstić information content (AvgIpc) is 2.53. The zero-order chi connectivity index (χ0) is 21.3. The van der Waals surface area contributed by atoms with E-state index in [9.17, 15) is 36.3 Å². The molecule has 6 nitrogen and oxygen atoms in total. The van der Waals surface area contributed by atoms with Crippen LogP contribution in [0.15, 0.2) is 22.6 Å². The molecule has 1 saturated carbocycles. The van der Waals surface area contributed by atoms with Crippen molar-refractivity contribution in [2.24, 2.45) is 0 Å². The number of benzene rings is 1. The maximum absolute atomic E-state index is 12.3. The highest BCUT2D eigenvalue weighted by Gasteiger charge is 2.31. The summed E-state index contributed by atoms with van der Waals surface area (Å²) in [6.07, 6.45) is -3.37. The molecule has 0 atom stereocenters. The molecule has 2 rings (SSSR count). The number of rotatable bonds is 5. The van der Waals surface area contributed by atoms with Crippen LogP contribution < -0.4 is 0 Å². The SMILES string of the molecule is CS(=O)(=O)c1ccc(C(O)=C2C(=O)CCCC2=O)c(Cl)c1COCC(F)(F)F. The molecule has 1 aromatic carbocycles. The van der Waals surface area contributed by atoms with Crippen LogP contribution in [0, 0.1) is 0 Å². The van der Waals surface area contributed by atoms with Crippen molar-refractivity contribution in [1.82, 2.24) is 0 Å². The lowest BCUT2D eigenvalue weighted by molar-refractivity contribution is -0.176. The van der Waals surface area contributed by atoms with Crippen LogP contribution in [0.2, 0.25) is 5.02 Å². The van der Waals surface area contributed by atoms with Crippen molar-refractivity contribution in [1.29, 1.82) is 0 Å². The van der Waals surface area contributed by atoms with E-state index in [4.69, 9.17) is 11.6 Å². The van der Waals surface area contributed by atoms with Crippen molar-refractivity contribution in [2.45, 2.75) is 36.9 Å². The van der Waals surface area contributed by atoms with Gasteiger partial charge in [-0.3, -0.25) is 9.59 Å². The molecule has 1 fully saturated rings. The van der Waals surface area contributed by atoms with Gasteiger partial charge in [-0.25, -0.2) is 8.42 Å². The molecule has 0 aromatic heterocycles. The topological polar surface area (TPSA) is 97.7 Å². The average molecular weight is 441 g/mol. The molecular weight excluding hydrogens is 425 g/mol. The normalized spacial score (nSPS) is 15.8. The second kappa shape index (κ2) is 8.22. The Kier molecular flexibility index (Phi) is 6.57. The molecule has 1 aliphatic carbocycles. The Morgan fingerprint density at radius 2 is 1.79 bits per heavy atom. The van der Waals surface area contributed by atoms with Gasteiger partial charge in [-0.2, -0.15) is 13.2 Å². The molecule has 0 spiro atoms. The highest BCUT2D eigenvalue weighted by atomic mass is 35.5. The number of ether oxygens (including phenoxy) is 1. The number of sulfone groups is 1. The van der Waals surface area contributed by atoms with Crippen molar-refractivity contribution >= 4 is 38.8 Å². The summed E-state index contributed by atoms with van der Waals surface area (Å²) in [6, 6.07) is 2.11. The number of alkyl halides is 3. The summed E-state index contributed by atoms with van der Waals surface area (Å²) in [5.74, 6) is -1.92. The zero-order valence-corrected chi connectivity index (χ0v) is 16.2. The molecule has 0 amide bonds. The molecule has 1 N–H and O–H groups in total. The van der Waals surface area contributed by atoms with Crippen LogP contribution in [0.4, 0.5) is 13.2 Å². The Morgan fingerprint density at radius 1 is 1.21 bits per heavy atom. The van der Waals surface area contributed by atoms with Gasteiger partial charge >= 0.3 is 6.18 Å². The number of ketones is 2. The highest BCUT2D eigenvalue weighted by Crippen LogP contribution is 2.35. The van der Waals surface area contributed by atoms with Crippen LogP contribution in [0.25, 0.3) is 5.76 Å². The highest BCUT2D eigenvalue weighted by molar-refractivity contribution is 7.90. The molecular formula is C17H16ClF3O6S. The lowest BCUT2D eigenvalue weighted by Crippen LogP contribution is -2.21. The number of carbonyl (C=O) groups is 2. The minimum absolute atomic E-state index is 0.0473. The molecule has 0 unspecified atom stereocenters. The van der Waals surface area contributed by atoms with Crippen molar-refractivity contribution < 1.29 is 41.0 Å². The third kappa shape index (κ3) is 5.12. The van der Waals surface area contributed by atoms with Gasteiger partial charge in [0.1, 0.15) is 17.9 Å². The summed E-state index contributed by atoms with van der Waals surface area (Å²) in [7, 11) is -3.89. The number of aliphatic hydroxyl groups is 1. The Morgan fingerprint density at radius 3 is 2.29 bits per heavy atom. The fraction of sp³-hybridized carbons (Fsp3) is 0.412. The number of carbonyl (C=O) groups excluding carboxylic acids is 2. The fourth-order valence-corrected chi connectivity index (χ4v) is 4.04. The lowest BCUT2D eigenvalue weighted by Gasteiger charge is -2.17. The Hall–Kier alpha value is -1.91. The van der Waals surface area contributed by atoms with Crippen LogP contribution in [0.1, 0.15) is 30.4 Å². The summed E-state index contributed by atoms with van der Waals surface area (Å²) >= 11 is 6.14. The molecule has 0 heterocycles. The van der Waals surface area contributed by atoms with Crippen LogP contribution >= 0.6 is 11.6 Å². The fourth-order valence-electron chi connectivity index (χ4n) is 2.75. The molecule has 1 aromatic rings. The standard InChI is InChI=1S/C17H16ClF3O6S/c1-28(25,26)13-6-5-9(15(18)10(13)7-27-8-17(19,20)21)16(24)14-11(22)3-2-4-12(14)23/h5-6,24H,2-4,7-8H2,1H3. The van der Waals surface area contributed by atoms with E-state index >= 15 is 0 Å². The predicted molar refractivity (Wildman–Crippen MR) is 93.7 cm³/mol. The van der Waals surface area contributed by atoms with Crippen LogP contribution in [0.3, 0.4) is 0 Å². The first kappa shape index (κ1) is 22.4. The van der Waals surface area contributed by atoms with E-state index in [-0.39, 0.29) is 28.9 Å². The minimum atomic E-state index is -4.64. The van der Waals surface area contributed by atoms with Gasteiger partial charge in [0.05, 0.1) is 16.5 Å². The molecule has 154 valence electrons. The number of allylic oxidation sites excluding steroid dienone is 1. The van der Waals surface area contributed by atoms with Gasteiger partial charge in [0.15, 0.2) is 21.4 Å². The number of hydrogen-bond acceptors (Lipinski definition) is 6. The van der Waals surface area contributed by atoms with E-state index in [1.807, 2.05) is 0 Å². The maximum Gasteiger partial charge on any atom is 0.411 e. The Bertz CT molecular complexity index is 932. The molecule has 0 aliphatic heterocycles. The van der Waals surface area contributed by atoms with E-state index in [0.717, 1.165) is 18.4 Å². The predicted octanol–water partition coefficient (Wildman–Crippen LogP) is 3.41. The smallest absolute Gasteiger partial charge is 0.411 e. The molecule has 0 bridgehead atoms. The van der Waals surface area contributed by atoms with Gasteiger partial charge in [-0.15, -0.1) is 0 Å². The van der Waals surface area contributed by atoms with E-state index in [2.05, 4.69) is 4.74 Å². The zero-order valence-electron chi connectivity index (χ0n) is 14.6. The summed E-state index contributed by atoms with van der Waals surface area (Å²) < 4.78 is 65.4. The van der Waals surface area contributed by atoms with Crippen LogP contribution in [0.5, 0.6) is 0 Å². The summed E-state index contributed by atoms with van der Waals surface area (Å²) in [5.41, 5.74) is -1.01. The van der Waals surface area contributed by atoms with E-state index in [1.54, 1.807) is 0 Å². The molecule has 0 radical (unpaired) electrons. The van der Waals surface area contributed by atoms with Crippen molar-refractivity contribution in [3.05, 3.63) is 33.9 Å². The van der Waals surface area contributed by atoms with Crippen LogP contribution in [-0.2, 0) is 30.8 Å².